The van der Waals surface area contributed by atoms with E-state index in [0.29, 0.717) is 45.4 Å². The third kappa shape index (κ3) is 3.96. The Labute approximate surface area is 189 Å². The number of methoxy groups -OCH3 is 1. The molecule has 0 radical (unpaired) electrons. The van der Waals surface area contributed by atoms with Crippen molar-refractivity contribution in [2.45, 2.75) is 6.42 Å². The van der Waals surface area contributed by atoms with E-state index in [1.807, 2.05) is 30.3 Å². The van der Waals surface area contributed by atoms with Gasteiger partial charge < -0.3 is 10.1 Å². The first-order valence-corrected chi connectivity index (χ1v) is 10.6. The van der Waals surface area contributed by atoms with Crippen molar-refractivity contribution in [3.63, 3.8) is 0 Å². The number of amides is 1. The monoisotopic (exact) mass is 438 g/mol. The zero-order valence-corrected chi connectivity index (χ0v) is 18.0. The van der Waals surface area contributed by atoms with E-state index in [4.69, 9.17) is 4.74 Å². The summed E-state index contributed by atoms with van der Waals surface area (Å²) in [5.74, 6) is 0.541. The minimum absolute atomic E-state index is 0.165. The Kier molecular flexibility index (Phi) is 5.36. The number of fused-ring (bicyclic) bond motifs is 3. The topological polar surface area (TPSA) is 89.0 Å². The number of carbonyl (C=O) groups excluding carboxylic acids is 1. The zero-order chi connectivity index (χ0) is 22.8. The number of rotatable bonds is 6. The first-order valence-electron chi connectivity index (χ1n) is 10.6. The number of aromatic amines is 1. The van der Waals surface area contributed by atoms with E-state index in [-0.39, 0.29) is 11.5 Å². The van der Waals surface area contributed by atoms with Crippen molar-refractivity contribution in [3.8, 4) is 11.4 Å². The van der Waals surface area contributed by atoms with Crippen molar-refractivity contribution in [1.82, 2.24) is 20.1 Å². The molecule has 0 spiro atoms. The molecular weight excluding hydrogens is 416 g/mol. The summed E-state index contributed by atoms with van der Waals surface area (Å²) in [5, 5.41) is 7.32. The van der Waals surface area contributed by atoms with E-state index in [0.717, 1.165) is 6.42 Å². The van der Waals surface area contributed by atoms with Gasteiger partial charge in [0, 0.05) is 23.7 Å². The quantitative estimate of drug-likeness (QED) is 0.422. The molecule has 0 aliphatic rings. The number of pyridine rings is 1. The summed E-state index contributed by atoms with van der Waals surface area (Å²) >= 11 is 0. The molecule has 33 heavy (non-hydrogen) atoms. The van der Waals surface area contributed by atoms with Crippen LogP contribution in [-0.2, 0) is 6.42 Å². The van der Waals surface area contributed by atoms with Crippen molar-refractivity contribution < 1.29 is 9.53 Å². The van der Waals surface area contributed by atoms with Gasteiger partial charge in [0.1, 0.15) is 5.75 Å². The van der Waals surface area contributed by atoms with Crippen molar-refractivity contribution in [2.75, 3.05) is 13.7 Å². The second-order valence-electron chi connectivity index (χ2n) is 7.72. The predicted molar refractivity (Wildman–Crippen MR) is 128 cm³/mol. The van der Waals surface area contributed by atoms with Gasteiger partial charge in [-0.3, -0.25) is 19.7 Å². The average molecular weight is 438 g/mol. The summed E-state index contributed by atoms with van der Waals surface area (Å²) in [5.41, 5.74) is 3.50. The highest BCUT2D eigenvalue weighted by Gasteiger charge is 2.14. The first kappa shape index (κ1) is 20.5. The molecule has 0 bridgehead atoms. The van der Waals surface area contributed by atoms with Gasteiger partial charge in [0.25, 0.3) is 11.5 Å². The molecule has 0 saturated carbocycles. The van der Waals surface area contributed by atoms with Crippen LogP contribution in [0.4, 0.5) is 0 Å². The lowest BCUT2D eigenvalue weighted by atomic mass is 10.1. The summed E-state index contributed by atoms with van der Waals surface area (Å²) in [6, 6.07) is 22.5. The van der Waals surface area contributed by atoms with Crippen LogP contribution >= 0.6 is 0 Å². The number of H-pyrrole nitrogens is 1. The number of hydrogen-bond donors (Lipinski definition) is 2. The fourth-order valence-corrected chi connectivity index (χ4v) is 3.88. The van der Waals surface area contributed by atoms with Gasteiger partial charge in [-0.05, 0) is 54.4 Å². The van der Waals surface area contributed by atoms with Crippen molar-refractivity contribution >= 4 is 27.7 Å². The van der Waals surface area contributed by atoms with Gasteiger partial charge in [0.05, 0.1) is 29.2 Å². The first-order chi connectivity index (χ1) is 16.1. The van der Waals surface area contributed by atoms with Gasteiger partial charge in [-0.15, -0.1) is 0 Å². The second-order valence-corrected chi connectivity index (χ2v) is 7.72. The molecule has 2 aromatic heterocycles. The third-order valence-electron chi connectivity index (χ3n) is 5.66. The highest BCUT2D eigenvalue weighted by Crippen LogP contribution is 2.23. The molecule has 3 aromatic carbocycles. The molecule has 0 saturated heterocycles. The maximum Gasteiger partial charge on any atom is 0.280 e. The maximum atomic E-state index is 13.0. The Bertz CT molecular complexity index is 1500. The van der Waals surface area contributed by atoms with E-state index >= 15 is 0 Å². The van der Waals surface area contributed by atoms with Crippen molar-refractivity contribution in [1.29, 1.82) is 0 Å². The van der Waals surface area contributed by atoms with Crippen LogP contribution in [0, 0.1) is 0 Å². The fraction of sp³-hybridized carbons (Fsp3) is 0.115. The molecule has 0 aliphatic carbocycles. The van der Waals surface area contributed by atoms with E-state index in [1.165, 1.54) is 10.2 Å². The molecule has 0 fully saturated rings. The molecular formula is C26H22N4O3. The van der Waals surface area contributed by atoms with Crippen LogP contribution in [0.5, 0.6) is 5.75 Å². The Morgan fingerprint density at radius 1 is 1.03 bits per heavy atom. The van der Waals surface area contributed by atoms with Crippen LogP contribution in [0.3, 0.4) is 0 Å². The number of nitrogens with zero attached hydrogens (tertiary/aromatic N) is 2. The summed E-state index contributed by atoms with van der Waals surface area (Å²) in [6.45, 7) is 0.536. The number of nitrogens with one attached hydrogen (secondary N) is 2. The van der Waals surface area contributed by atoms with Gasteiger partial charge in [0.2, 0.25) is 0 Å². The fourth-order valence-electron chi connectivity index (χ4n) is 3.88. The number of aromatic nitrogens is 3. The van der Waals surface area contributed by atoms with Gasteiger partial charge in [-0.1, -0.05) is 30.3 Å². The lowest BCUT2D eigenvalue weighted by Crippen LogP contribution is -2.25. The summed E-state index contributed by atoms with van der Waals surface area (Å²) < 4.78 is 6.67. The SMILES string of the molecule is COc1ccc(-n2[nH]c3c(cnc4ccc(C(=O)NCCc5ccccc5)cc43)c2=O)cc1. The molecule has 1 amide bonds. The van der Waals surface area contributed by atoms with Gasteiger partial charge >= 0.3 is 0 Å². The molecule has 2 N–H and O–H groups in total. The van der Waals surface area contributed by atoms with Gasteiger partial charge in [-0.25, -0.2) is 4.68 Å². The third-order valence-corrected chi connectivity index (χ3v) is 5.66. The standard InChI is InChI=1S/C26H22N4O3/c1-33-20-10-8-19(9-11-20)30-26(32)22-16-28-23-12-7-18(15-21(23)24(22)29-30)25(31)27-14-13-17-5-3-2-4-6-17/h2-12,15-16,29H,13-14H2,1H3,(H,27,31). The minimum atomic E-state index is -0.206. The Morgan fingerprint density at radius 2 is 1.82 bits per heavy atom. The van der Waals surface area contributed by atoms with E-state index < -0.39 is 0 Å². The molecule has 0 unspecified atom stereocenters. The lowest BCUT2D eigenvalue weighted by Gasteiger charge is -2.07. The molecule has 0 aliphatic heterocycles. The van der Waals surface area contributed by atoms with Crippen molar-refractivity contribution in [2.24, 2.45) is 0 Å². The minimum Gasteiger partial charge on any atom is -0.497 e. The molecule has 0 atom stereocenters. The lowest BCUT2D eigenvalue weighted by molar-refractivity contribution is 0.0954. The zero-order valence-electron chi connectivity index (χ0n) is 18.0. The Morgan fingerprint density at radius 3 is 2.58 bits per heavy atom. The summed E-state index contributed by atoms with van der Waals surface area (Å²) in [7, 11) is 1.59. The van der Waals surface area contributed by atoms with Crippen LogP contribution in [0.25, 0.3) is 27.5 Å². The smallest absolute Gasteiger partial charge is 0.280 e. The number of benzene rings is 3. The maximum absolute atomic E-state index is 13.0. The van der Waals surface area contributed by atoms with E-state index in [1.54, 1.807) is 55.8 Å². The van der Waals surface area contributed by atoms with Gasteiger partial charge in [0.15, 0.2) is 0 Å². The van der Waals surface area contributed by atoms with Crippen molar-refractivity contribution in [3.05, 3.63) is 100 Å². The number of hydrogen-bond acceptors (Lipinski definition) is 4. The largest absolute Gasteiger partial charge is 0.497 e. The molecule has 2 heterocycles. The van der Waals surface area contributed by atoms with E-state index in [2.05, 4.69) is 15.4 Å². The van der Waals surface area contributed by atoms with Gasteiger partial charge in [-0.2, -0.15) is 0 Å². The second kappa shape index (κ2) is 8.63. The molecule has 164 valence electrons. The van der Waals surface area contributed by atoms with Crippen LogP contribution in [0.15, 0.2) is 83.8 Å². The molecule has 5 rings (SSSR count). The molecule has 7 heteroatoms. The van der Waals surface area contributed by atoms with Crippen LogP contribution < -0.4 is 15.6 Å². The summed E-state index contributed by atoms with van der Waals surface area (Å²) in [6.07, 6.45) is 2.32. The van der Waals surface area contributed by atoms with Crippen LogP contribution in [0.1, 0.15) is 15.9 Å². The van der Waals surface area contributed by atoms with Crippen LogP contribution in [0.2, 0.25) is 0 Å². The number of ether oxygens (including phenoxy) is 1. The Hall–Kier alpha value is -4.39. The highest BCUT2D eigenvalue weighted by atomic mass is 16.5. The normalized spacial score (nSPS) is 11.1. The predicted octanol–water partition coefficient (Wildman–Crippen LogP) is 3.85. The molecule has 7 nitrogen and oxygen atoms in total. The Balaban J connectivity index is 1.46. The molecule has 5 aromatic rings. The van der Waals surface area contributed by atoms with Crippen LogP contribution in [-0.4, -0.2) is 34.3 Å². The van der Waals surface area contributed by atoms with E-state index in [9.17, 15) is 9.59 Å². The highest BCUT2D eigenvalue weighted by molar-refractivity contribution is 6.06. The number of carbonyl (C=O) groups is 1. The average Bonchev–Trinajstić information content (AvgIpc) is 3.21. The summed E-state index contributed by atoms with van der Waals surface area (Å²) in [4.78, 5) is 30.2.